The van der Waals surface area contributed by atoms with Gasteiger partial charge in [0.1, 0.15) is 18.7 Å². The highest BCUT2D eigenvalue weighted by Crippen LogP contribution is 2.32. The van der Waals surface area contributed by atoms with E-state index in [4.69, 9.17) is 11.6 Å². The van der Waals surface area contributed by atoms with Gasteiger partial charge in [-0.25, -0.2) is 14.4 Å². The second kappa shape index (κ2) is 5.17. The van der Waals surface area contributed by atoms with E-state index < -0.39 is 11.9 Å². The Morgan fingerprint density at radius 3 is 3.00 bits per heavy atom. The molecule has 1 atom stereocenters. The fourth-order valence-electron chi connectivity index (χ4n) is 2.68. The number of hydrogen-bond donors (Lipinski definition) is 2. The molecule has 23 heavy (non-hydrogen) atoms. The van der Waals surface area contributed by atoms with Crippen molar-refractivity contribution in [3.63, 3.8) is 0 Å². The van der Waals surface area contributed by atoms with E-state index in [-0.39, 0.29) is 12.5 Å². The standard InChI is InChI=1S/C14H10ClFN6O/c15-9-2-1-7(16)3-8(9)12-10-4-17-14(13-18-6-19-21-13)22(10)5-11(23)20-12/h1-4,6,12H,5H2,(H,20,23)(H,18,19,21). The van der Waals surface area contributed by atoms with Crippen LogP contribution in [0, 0.1) is 5.82 Å². The van der Waals surface area contributed by atoms with Crippen LogP contribution >= 0.6 is 11.6 Å². The largest absolute Gasteiger partial charge is 0.342 e. The highest BCUT2D eigenvalue weighted by molar-refractivity contribution is 6.31. The predicted octanol–water partition coefficient (Wildman–Crippen LogP) is 1.68. The molecule has 0 saturated heterocycles. The number of nitrogens with zero attached hydrogens (tertiary/aromatic N) is 4. The molecule has 3 heterocycles. The molecule has 0 fully saturated rings. The lowest BCUT2D eigenvalue weighted by atomic mass is 10.0. The molecule has 9 heteroatoms. The number of carbonyl (C=O) groups is 1. The number of aromatic nitrogens is 5. The van der Waals surface area contributed by atoms with Gasteiger partial charge in [-0.15, -0.1) is 0 Å². The molecule has 0 saturated carbocycles. The van der Waals surface area contributed by atoms with Gasteiger partial charge in [0.2, 0.25) is 5.91 Å². The first-order chi connectivity index (χ1) is 11.1. The molecule has 7 nitrogen and oxygen atoms in total. The molecule has 1 amide bonds. The third-order valence-electron chi connectivity index (χ3n) is 3.69. The third kappa shape index (κ3) is 2.27. The summed E-state index contributed by atoms with van der Waals surface area (Å²) in [7, 11) is 0. The number of benzene rings is 1. The maximum Gasteiger partial charge on any atom is 0.240 e. The minimum absolute atomic E-state index is 0.0921. The number of H-pyrrole nitrogens is 1. The Kier molecular flexibility index (Phi) is 3.12. The van der Waals surface area contributed by atoms with Crippen LogP contribution in [-0.4, -0.2) is 30.6 Å². The first-order valence-corrected chi connectivity index (χ1v) is 7.17. The summed E-state index contributed by atoms with van der Waals surface area (Å²) in [5.74, 6) is 0.298. The van der Waals surface area contributed by atoms with Gasteiger partial charge in [-0.2, -0.15) is 5.10 Å². The molecule has 0 radical (unpaired) electrons. The van der Waals surface area contributed by atoms with Gasteiger partial charge in [0.25, 0.3) is 0 Å². The van der Waals surface area contributed by atoms with Crippen molar-refractivity contribution in [2.45, 2.75) is 12.6 Å². The Bertz CT molecular complexity index is 891. The monoisotopic (exact) mass is 332 g/mol. The number of carbonyl (C=O) groups excluding carboxylic acids is 1. The van der Waals surface area contributed by atoms with Crippen LogP contribution in [0.4, 0.5) is 4.39 Å². The van der Waals surface area contributed by atoms with Crippen molar-refractivity contribution >= 4 is 17.5 Å². The van der Waals surface area contributed by atoms with Crippen LogP contribution < -0.4 is 5.32 Å². The lowest BCUT2D eigenvalue weighted by Gasteiger charge is -2.27. The maximum absolute atomic E-state index is 13.6. The topological polar surface area (TPSA) is 88.5 Å². The molecule has 116 valence electrons. The molecule has 1 aliphatic rings. The van der Waals surface area contributed by atoms with Gasteiger partial charge in [0.15, 0.2) is 11.6 Å². The van der Waals surface area contributed by atoms with Crippen molar-refractivity contribution in [3.8, 4) is 11.6 Å². The molecule has 4 rings (SSSR count). The van der Waals surface area contributed by atoms with Crippen molar-refractivity contribution in [2.24, 2.45) is 0 Å². The van der Waals surface area contributed by atoms with Crippen LogP contribution in [0.1, 0.15) is 17.3 Å². The summed E-state index contributed by atoms with van der Waals surface area (Å²) >= 11 is 6.17. The van der Waals surface area contributed by atoms with Gasteiger partial charge in [-0.05, 0) is 18.2 Å². The number of fused-ring (bicyclic) bond motifs is 1. The summed E-state index contributed by atoms with van der Waals surface area (Å²) in [5, 5.41) is 9.69. The number of imidazole rings is 1. The van der Waals surface area contributed by atoms with Gasteiger partial charge in [-0.3, -0.25) is 9.89 Å². The van der Waals surface area contributed by atoms with Crippen molar-refractivity contribution in [1.29, 1.82) is 0 Å². The average Bonchev–Trinajstić information content (AvgIpc) is 3.17. The SMILES string of the molecule is O=C1Cn2c(cnc2-c2ncn[nH]2)C(c2cc(F)ccc2Cl)N1. The molecule has 2 aromatic heterocycles. The summed E-state index contributed by atoms with van der Waals surface area (Å²) in [6.07, 6.45) is 2.98. The van der Waals surface area contributed by atoms with Crippen LogP contribution in [0.15, 0.2) is 30.7 Å². The number of nitrogens with one attached hydrogen (secondary N) is 2. The predicted molar refractivity (Wildman–Crippen MR) is 79.0 cm³/mol. The molecular weight excluding hydrogens is 323 g/mol. The molecule has 0 bridgehead atoms. The van der Waals surface area contributed by atoms with Crippen LogP contribution in [0.25, 0.3) is 11.6 Å². The van der Waals surface area contributed by atoms with Crippen molar-refractivity contribution in [1.82, 2.24) is 30.0 Å². The fourth-order valence-corrected chi connectivity index (χ4v) is 2.91. The lowest BCUT2D eigenvalue weighted by molar-refractivity contribution is -0.123. The summed E-state index contributed by atoms with van der Waals surface area (Å²) in [6, 6.07) is 3.46. The van der Waals surface area contributed by atoms with Crippen LogP contribution in [0.3, 0.4) is 0 Å². The lowest BCUT2D eigenvalue weighted by Crippen LogP contribution is -2.39. The summed E-state index contributed by atoms with van der Waals surface area (Å²) in [4.78, 5) is 20.4. The Balaban J connectivity index is 1.86. The smallest absolute Gasteiger partial charge is 0.240 e. The fraction of sp³-hybridized carbons (Fsp3) is 0.143. The zero-order valence-electron chi connectivity index (χ0n) is 11.6. The van der Waals surface area contributed by atoms with Crippen LogP contribution in [0.5, 0.6) is 0 Å². The van der Waals surface area contributed by atoms with E-state index in [1.54, 1.807) is 10.8 Å². The quantitative estimate of drug-likeness (QED) is 0.747. The van der Waals surface area contributed by atoms with Crippen LogP contribution in [-0.2, 0) is 11.3 Å². The first-order valence-electron chi connectivity index (χ1n) is 6.79. The van der Waals surface area contributed by atoms with E-state index >= 15 is 0 Å². The van der Waals surface area contributed by atoms with Gasteiger partial charge >= 0.3 is 0 Å². The summed E-state index contributed by atoms with van der Waals surface area (Å²) in [5.41, 5.74) is 1.17. The van der Waals surface area contributed by atoms with E-state index in [9.17, 15) is 9.18 Å². The summed E-state index contributed by atoms with van der Waals surface area (Å²) < 4.78 is 15.3. The molecule has 3 aromatic rings. The van der Waals surface area contributed by atoms with Crippen molar-refractivity contribution in [2.75, 3.05) is 0 Å². The highest BCUT2D eigenvalue weighted by Gasteiger charge is 2.30. The number of rotatable bonds is 2. The molecule has 0 aliphatic carbocycles. The van der Waals surface area contributed by atoms with Gasteiger partial charge in [-0.1, -0.05) is 11.6 Å². The number of amides is 1. The molecule has 1 aromatic carbocycles. The highest BCUT2D eigenvalue weighted by atomic mass is 35.5. The van der Waals surface area contributed by atoms with Gasteiger partial charge < -0.3 is 9.88 Å². The average molecular weight is 333 g/mol. The van der Waals surface area contributed by atoms with Crippen molar-refractivity contribution < 1.29 is 9.18 Å². The molecule has 1 aliphatic heterocycles. The Morgan fingerprint density at radius 2 is 2.22 bits per heavy atom. The number of aromatic amines is 1. The zero-order valence-corrected chi connectivity index (χ0v) is 12.4. The van der Waals surface area contributed by atoms with Gasteiger partial charge in [0.05, 0.1) is 17.9 Å². The van der Waals surface area contributed by atoms with E-state index in [2.05, 4.69) is 25.5 Å². The van der Waals surface area contributed by atoms with E-state index in [0.717, 1.165) is 0 Å². The molecule has 1 unspecified atom stereocenters. The zero-order chi connectivity index (χ0) is 16.0. The Hall–Kier alpha value is -2.74. The second-order valence-electron chi connectivity index (χ2n) is 5.09. The Morgan fingerprint density at radius 1 is 1.35 bits per heavy atom. The van der Waals surface area contributed by atoms with Gasteiger partial charge in [0, 0.05) is 10.6 Å². The summed E-state index contributed by atoms with van der Waals surface area (Å²) in [6.45, 7) is 0.0921. The molecule has 0 spiro atoms. The van der Waals surface area contributed by atoms with Crippen molar-refractivity contribution in [3.05, 3.63) is 52.8 Å². The maximum atomic E-state index is 13.6. The van der Waals surface area contributed by atoms with Crippen LogP contribution in [0.2, 0.25) is 5.02 Å². The Labute approximate surface area is 134 Å². The van der Waals surface area contributed by atoms with E-state index in [1.165, 1.54) is 24.5 Å². The minimum Gasteiger partial charge on any atom is -0.342 e. The first kappa shape index (κ1) is 13.9. The molecular formula is C14H10ClFN6O. The van der Waals surface area contributed by atoms with E-state index in [1.807, 2.05) is 0 Å². The number of halogens is 2. The minimum atomic E-state index is -0.580. The normalized spacial score (nSPS) is 17.0. The third-order valence-corrected chi connectivity index (χ3v) is 4.03. The van der Waals surface area contributed by atoms with E-state index in [0.29, 0.717) is 27.9 Å². The second-order valence-corrected chi connectivity index (χ2v) is 5.50. The number of hydrogen-bond acceptors (Lipinski definition) is 4. The molecule has 2 N–H and O–H groups in total.